The highest BCUT2D eigenvalue weighted by Crippen LogP contribution is 2.24. The predicted octanol–water partition coefficient (Wildman–Crippen LogP) is 4.22. The molecule has 1 atom stereocenters. The van der Waals surface area contributed by atoms with E-state index in [1.54, 1.807) is 18.2 Å². The van der Waals surface area contributed by atoms with Gasteiger partial charge >= 0.3 is 0 Å². The van der Waals surface area contributed by atoms with Crippen LogP contribution in [0.2, 0.25) is 0 Å². The Morgan fingerprint density at radius 1 is 1.18 bits per heavy atom. The average molecular weight is 380 g/mol. The lowest BCUT2D eigenvalue weighted by molar-refractivity contribution is -0.124. The highest BCUT2D eigenvalue weighted by molar-refractivity contribution is 5.94. The maximum atomic E-state index is 12.9. The first kappa shape index (κ1) is 20.1. The van der Waals surface area contributed by atoms with Gasteiger partial charge in [0.2, 0.25) is 0 Å². The lowest BCUT2D eigenvalue weighted by Crippen LogP contribution is -2.42. The van der Waals surface area contributed by atoms with E-state index in [4.69, 9.17) is 4.74 Å². The zero-order valence-electron chi connectivity index (χ0n) is 16.9. The molecule has 5 nitrogen and oxygen atoms in total. The summed E-state index contributed by atoms with van der Waals surface area (Å²) in [6, 6.07) is 11.3. The molecule has 0 unspecified atom stereocenters. The second-order valence-electron chi connectivity index (χ2n) is 7.82. The number of piperidine rings is 1. The highest BCUT2D eigenvalue weighted by atomic mass is 16.5. The van der Waals surface area contributed by atoms with E-state index in [9.17, 15) is 9.59 Å². The van der Waals surface area contributed by atoms with Gasteiger partial charge < -0.3 is 9.64 Å². The molecule has 1 aliphatic heterocycles. The molecule has 2 aromatic rings. The van der Waals surface area contributed by atoms with E-state index in [1.807, 2.05) is 36.4 Å². The van der Waals surface area contributed by atoms with Gasteiger partial charge in [-0.3, -0.25) is 14.6 Å². The number of likely N-dealkylation sites (tertiary alicyclic amines) is 1. The summed E-state index contributed by atoms with van der Waals surface area (Å²) in [4.78, 5) is 31.5. The third kappa shape index (κ3) is 4.77. The molecule has 1 saturated heterocycles. The normalized spacial score (nSPS) is 16.9. The second kappa shape index (κ2) is 9.00. The molecular formula is C23H28N2O3. The van der Waals surface area contributed by atoms with Gasteiger partial charge in [-0.15, -0.1) is 0 Å². The number of rotatable bonds is 6. The van der Waals surface area contributed by atoms with Crippen LogP contribution in [0.25, 0.3) is 11.3 Å². The van der Waals surface area contributed by atoms with E-state index >= 15 is 0 Å². The smallest absolute Gasteiger partial charge is 0.255 e. The molecule has 0 aliphatic carbocycles. The number of hydrogen-bond donors (Lipinski definition) is 0. The van der Waals surface area contributed by atoms with Crippen molar-refractivity contribution >= 4 is 11.7 Å². The summed E-state index contributed by atoms with van der Waals surface area (Å²) in [6.07, 6.45) is 3.97. The lowest BCUT2D eigenvalue weighted by atomic mass is 9.89. The summed E-state index contributed by atoms with van der Waals surface area (Å²) in [5.41, 5.74) is 2.34. The Bertz CT molecular complexity index is 813. The number of Topliss-reactive ketones (excluding diaryl/α,β-unsaturated/α-hetero) is 1. The van der Waals surface area contributed by atoms with Crippen LogP contribution in [-0.2, 0) is 4.79 Å². The van der Waals surface area contributed by atoms with Gasteiger partial charge in [-0.1, -0.05) is 13.8 Å². The number of ether oxygens (including phenoxy) is 1. The molecule has 0 spiro atoms. The second-order valence-corrected chi connectivity index (χ2v) is 7.82. The number of aromatic nitrogens is 1. The quantitative estimate of drug-likeness (QED) is 0.753. The van der Waals surface area contributed by atoms with Crippen molar-refractivity contribution in [3.8, 4) is 17.0 Å². The number of pyridine rings is 1. The van der Waals surface area contributed by atoms with Gasteiger partial charge in [0.05, 0.1) is 18.4 Å². The summed E-state index contributed by atoms with van der Waals surface area (Å²) in [5, 5.41) is 0. The third-order valence-electron chi connectivity index (χ3n) is 5.17. The van der Waals surface area contributed by atoms with Gasteiger partial charge in [-0.2, -0.15) is 0 Å². The van der Waals surface area contributed by atoms with E-state index < -0.39 is 0 Å². The van der Waals surface area contributed by atoms with Crippen molar-refractivity contribution in [2.75, 3.05) is 20.2 Å². The van der Waals surface area contributed by atoms with Gasteiger partial charge in [0, 0.05) is 37.2 Å². The molecular weight excluding hydrogens is 352 g/mol. The van der Waals surface area contributed by atoms with Crippen LogP contribution in [0.3, 0.4) is 0 Å². The molecule has 28 heavy (non-hydrogen) atoms. The maximum absolute atomic E-state index is 12.9. The minimum absolute atomic E-state index is 0.0355. The summed E-state index contributed by atoms with van der Waals surface area (Å²) in [7, 11) is 1.63. The molecule has 0 radical (unpaired) electrons. The number of methoxy groups -OCH3 is 1. The van der Waals surface area contributed by atoms with E-state index in [0.717, 1.165) is 29.8 Å². The van der Waals surface area contributed by atoms with Crippen molar-refractivity contribution in [1.82, 2.24) is 9.88 Å². The number of carbonyl (C=O) groups excluding carboxylic acids is 2. The fourth-order valence-corrected chi connectivity index (χ4v) is 3.63. The van der Waals surface area contributed by atoms with E-state index in [-0.39, 0.29) is 17.6 Å². The molecule has 148 valence electrons. The van der Waals surface area contributed by atoms with E-state index in [2.05, 4.69) is 18.8 Å². The standard InChI is InChI=1S/C23H28N2O3/c1-16(2)13-22(26)19-5-4-12-25(15-19)23(27)18-8-11-21(24-14-18)17-6-9-20(28-3)10-7-17/h6-11,14,16,19H,4-5,12-13,15H2,1-3H3/t19-/m1/s1. The van der Waals surface area contributed by atoms with Crippen molar-refractivity contribution in [2.24, 2.45) is 11.8 Å². The maximum Gasteiger partial charge on any atom is 0.255 e. The zero-order chi connectivity index (χ0) is 20.1. The van der Waals surface area contributed by atoms with Gasteiger partial charge in [-0.25, -0.2) is 0 Å². The molecule has 2 heterocycles. The van der Waals surface area contributed by atoms with Crippen LogP contribution in [0.15, 0.2) is 42.6 Å². The Labute approximate surface area is 166 Å². The van der Waals surface area contributed by atoms with Crippen molar-refractivity contribution in [1.29, 1.82) is 0 Å². The number of ketones is 1. The number of hydrogen-bond acceptors (Lipinski definition) is 4. The number of carbonyl (C=O) groups is 2. The van der Waals surface area contributed by atoms with Crippen LogP contribution in [0.5, 0.6) is 5.75 Å². The van der Waals surface area contributed by atoms with Crippen LogP contribution in [0.4, 0.5) is 0 Å². The van der Waals surface area contributed by atoms with E-state index in [1.165, 1.54) is 0 Å². The van der Waals surface area contributed by atoms with E-state index in [0.29, 0.717) is 31.0 Å². The van der Waals surface area contributed by atoms with Gasteiger partial charge in [0.25, 0.3) is 5.91 Å². The molecule has 1 aromatic carbocycles. The van der Waals surface area contributed by atoms with Gasteiger partial charge in [0.15, 0.2) is 0 Å². The Kier molecular flexibility index (Phi) is 6.45. The number of amides is 1. The Hall–Kier alpha value is -2.69. The van der Waals surface area contributed by atoms with Crippen molar-refractivity contribution in [2.45, 2.75) is 33.1 Å². The Balaban J connectivity index is 1.67. The molecule has 1 aliphatic rings. The first-order valence-electron chi connectivity index (χ1n) is 9.90. The SMILES string of the molecule is COc1ccc(-c2ccc(C(=O)N3CCC[C@@H](C(=O)CC(C)C)C3)cn2)cc1. The topological polar surface area (TPSA) is 59.5 Å². The molecule has 1 fully saturated rings. The summed E-state index contributed by atoms with van der Waals surface area (Å²) < 4.78 is 5.17. The lowest BCUT2D eigenvalue weighted by Gasteiger charge is -2.32. The monoisotopic (exact) mass is 380 g/mol. The average Bonchev–Trinajstić information content (AvgIpc) is 2.73. The molecule has 5 heteroatoms. The summed E-state index contributed by atoms with van der Waals surface area (Å²) in [5.74, 6) is 1.35. The third-order valence-corrected chi connectivity index (χ3v) is 5.17. The minimum atomic E-state index is -0.0455. The largest absolute Gasteiger partial charge is 0.497 e. The van der Waals surface area contributed by atoms with Gasteiger partial charge in [0.1, 0.15) is 11.5 Å². The molecule has 0 saturated carbocycles. The molecule has 1 amide bonds. The summed E-state index contributed by atoms with van der Waals surface area (Å²) in [6.45, 7) is 5.33. The van der Waals surface area contributed by atoms with Crippen LogP contribution in [0.1, 0.15) is 43.5 Å². The van der Waals surface area contributed by atoms with Gasteiger partial charge in [-0.05, 0) is 55.2 Å². The Morgan fingerprint density at radius 3 is 2.54 bits per heavy atom. The highest BCUT2D eigenvalue weighted by Gasteiger charge is 2.29. The number of nitrogens with zero attached hydrogens (tertiary/aromatic N) is 2. The Morgan fingerprint density at radius 2 is 1.93 bits per heavy atom. The van der Waals surface area contributed by atoms with Crippen molar-refractivity contribution in [3.63, 3.8) is 0 Å². The predicted molar refractivity (Wildman–Crippen MR) is 109 cm³/mol. The molecule has 0 bridgehead atoms. The van der Waals surface area contributed by atoms with Crippen LogP contribution in [-0.4, -0.2) is 41.8 Å². The first-order chi connectivity index (χ1) is 13.5. The van der Waals surface area contributed by atoms with Crippen molar-refractivity contribution < 1.29 is 14.3 Å². The minimum Gasteiger partial charge on any atom is -0.497 e. The fourth-order valence-electron chi connectivity index (χ4n) is 3.63. The zero-order valence-corrected chi connectivity index (χ0v) is 16.9. The first-order valence-corrected chi connectivity index (χ1v) is 9.90. The summed E-state index contributed by atoms with van der Waals surface area (Å²) >= 11 is 0. The molecule has 1 aromatic heterocycles. The number of benzene rings is 1. The molecule has 3 rings (SSSR count). The molecule has 0 N–H and O–H groups in total. The van der Waals surface area contributed by atoms with Crippen LogP contribution >= 0.6 is 0 Å². The fraction of sp³-hybridized carbons (Fsp3) is 0.435. The van der Waals surface area contributed by atoms with Crippen LogP contribution < -0.4 is 4.74 Å². The van der Waals surface area contributed by atoms with Crippen LogP contribution in [0, 0.1) is 11.8 Å². The van der Waals surface area contributed by atoms with Crippen molar-refractivity contribution in [3.05, 3.63) is 48.2 Å².